The molecular weight excluding hydrogens is 224 g/mol. The van der Waals surface area contributed by atoms with Gasteiger partial charge in [0.2, 0.25) is 5.24 Å². The maximum absolute atomic E-state index is 11.7. The predicted octanol–water partition coefficient (Wildman–Crippen LogP) is 3.87. The van der Waals surface area contributed by atoms with Crippen molar-refractivity contribution in [3.63, 3.8) is 0 Å². The van der Waals surface area contributed by atoms with Gasteiger partial charge in [0, 0.05) is 6.61 Å². The lowest BCUT2D eigenvalue weighted by molar-refractivity contribution is -0.126. The Hall–Kier alpha value is -0.0800. The molecule has 0 aliphatic carbocycles. The van der Waals surface area contributed by atoms with Crippen LogP contribution in [0.25, 0.3) is 0 Å². The summed E-state index contributed by atoms with van der Waals surface area (Å²) in [5.41, 5.74) is -0.500. The van der Waals surface area contributed by atoms with Crippen LogP contribution in [0.1, 0.15) is 47.5 Å². The fourth-order valence-electron chi connectivity index (χ4n) is 2.28. The minimum atomic E-state index is -0.500. The van der Waals surface area contributed by atoms with Crippen molar-refractivity contribution in [2.45, 2.75) is 47.5 Å². The van der Waals surface area contributed by atoms with Crippen LogP contribution in [0.15, 0.2) is 0 Å². The van der Waals surface area contributed by atoms with Crippen molar-refractivity contribution in [2.24, 2.45) is 17.3 Å². The highest BCUT2D eigenvalue weighted by Gasteiger charge is 2.38. The summed E-state index contributed by atoms with van der Waals surface area (Å²) < 4.78 is 5.46. The van der Waals surface area contributed by atoms with Crippen LogP contribution in [0, 0.1) is 17.3 Å². The average Bonchev–Trinajstić information content (AvgIpc) is 2.11. The molecule has 0 saturated carbocycles. The van der Waals surface area contributed by atoms with E-state index in [1.54, 1.807) is 0 Å². The molecule has 0 spiro atoms. The van der Waals surface area contributed by atoms with Crippen LogP contribution in [0.2, 0.25) is 0 Å². The van der Waals surface area contributed by atoms with Gasteiger partial charge in [-0.1, -0.05) is 27.7 Å². The van der Waals surface area contributed by atoms with Crippen LogP contribution in [-0.4, -0.2) is 18.5 Å². The number of hydrogen-bond acceptors (Lipinski definition) is 2. The van der Waals surface area contributed by atoms with Gasteiger partial charge in [0.25, 0.3) is 0 Å². The number of carbonyl (C=O) groups excluding carboxylic acids is 1. The highest BCUT2D eigenvalue weighted by atomic mass is 35.5. The van der Waals surface area contributed by atoms with Gasteiger partial charge in [-0.2, -0.15) is 0 Å². The monoisotopic (exact) mass is 248 g/mol. The number of rotatable bonds is 8. The second kappa shape index (κ2) is 7.29. The van der Waals surface area contributed by atoms with E-state index in [-0.39, 0.29) is 5.24 Å². The SMILES string of the molecule is CCOCC(CC(C)C)(CC(C)C)C(=O)Cl. The molecule has 0 heterocycles. The minimum absolute atomic E-state index is 0.247. The molecule has 0 N–H and O–H groups in total. The summed E-state index contributed by atoms with van der Waals surface area (Å²) in [6, 6.07) is 0. The van der Waals surface area contributed by atoms with Crippen molar-refractivity contribution >= 4 is 16.8 Å². The van der Waals surface area contributed by atoms with Gasteiger partial charge < -0.3 is 4.74 Å². The molecule has 3 heteroatoms. The summed E-state index contributed by atoms with van der Waals surface area (Å²) in [6.07, 6.45) is 1.60. The number of ether oxygens (including phenoxy) is 1. The van der Waals surface area contributed by atoms with Crippen molar-refractivity contribution in [2.75, 3.05) is 13.2 Å². The molecule has 0 rings (SSSR count). The first-order valence-corrected chi connectivity index (χ1v) is 6.49. The third-order valence-electron chi connectivity index (χ3n) is 2.60. The van der Waals surface area contributed by atoms with E-state index in [0.29, 0.717) is 25.0 Å². The summed E-state index contributed by atoms with van der Waals surface area (Å²) in [4.78, 5) is 11.7. The quantitative estimate of drug-likeness (QED) is 0.610. The van der Waals surface area contributed by atoms with Crippen molar-refractivity contribution in [3.05, 3.63) is 0 Å². The van der Waals surface area contributed by atoms with Gasteiger partial charge in [-0.15, -0.1) is 0 Å². The molecule has 0 fully saturated rings. The molecule has 2 nitrogen and oxygen atoms in total. The van der Waals surface area contributed by atoms with E-state index in [9.17, 15) is 4.79 Å². The van der Waals surface area contributed by atoms with Crippen molar-refractivity contribution in [1.29, 1.82) is 0 Å². The van der Waals surface area contributed by atoms with E-state index in [1.807, 2.05) is 6.92 Å². The zero-order valence-electron chi connectivity index (χ0n) is 11.2. The Labute approximate surface area is 105 Å². The number of halogens is 1. The fraction of sp³-hybridized carbons (Fsp3) is 0.923. The maximum Gasteiger partial charge on any atom is 0.230 e. The van der Waals surface area contributed by atoms with Crippen LogP contribution < -0.4 is 0 Å². The van der Waals surface area contributed by atoms with Crippen LogP contribution in [0.5, 0.6) is 0 Å². The lowest BCUT2D eigenvalue weighted by Crippen LogP contribution is -2.36. The first-order valence-electron chi connectivity index (χ1n) is 6.11. The van der Waals surface area contributed by atoms with Gasteiger partial charge in [-0.05, 0) is 43.2 Å². The lowest BCUT2D eigenvalue weighted by atomic mass is 9.76. The Morgan fingerprint density at radius 1 is 1.19 bits per heavy atom. The zero-order chi connectivity index (χ0) is 12.8. The third kappa shape index (κ3) is 5.31. The normalized spacial score (nSPS) is 12.5. The molecule has 16 heavy (non-hydrogen) atoms. The molecule has 0 aromatic carbocycles. The molecule has 0 amide bonds. The summed E-state index contributed by atoms with van der Waals surface area (Å²) in [5, 5.41) is -0.247. The third-order valence-corrected chi connectivity index (χ3v) is 3.00. The van der Waals surface area contributed by atoms with Gasteiger partial charge >= 0.3 is 0 Å². The zero-order valence-corrected chi connectivity index (χ0v) is 11.9. The van der Waals surface area contributed by atoms with Gasteiger partial charge in [0.15, 0.2) is 0 Å². The second-order valence-electron chi connectivity index (χ2n) is 5.39. The van der Waals surface area contributed by atoms with E-state index < -0.39 is 5.41 Å². The van der Waals surface area contributed by atoms with E-state index in [0.717, 1.165) is 12.8 Å². The molecule has 0 radical (unpaired) electrons. The van der Waals surface area contributed by atoms with Gasteiger partial charge in [-0.3, -0.25) is 4.79 Å². The van der Waals surface area contributed by atoms with Crippen molar-refractivity contribution in [1.82, 2.24) is 0 Å². The first kappa shape index (κ1) is 15.9. The van der Waals surface area contributed by atoms with E-state index in [4.69, 9.17) is 16.3 Å². The molecule has 0 atom stereocenters. The highest BCUT2D eigenvalue weighted by molar-refractivity contribution is 6.64. The average molecular weight is 249 g/mol. The Balaban J connectivity index is 4.81. The lowest BCUT2D eigenvalue weighted by Gasteiger charge is -2.33. The van der Waals surface area contributed by atoms with Crippen LogP contribution >= 0.6 is 11.6 Å². The predicted molar refractivity (Wildman–Crippen MR) is 68.7 cm³/mol. The molecule has 0 aliphatic rings. The molecule has 0 bridgehead atoms. The largest absolute Gasteiger partial charge is 0.381 e. The smallest absolute Gasteiger partial charge is 0.230 e. The fourth-order valence-corrected chi connectivity index (χ4v) is 2.49. The summed E-state index contributed by atoms with van der Waals surface area (Å²) in [5.74, 6) is 0.892. The van der Waals surface area contributed by atoms with E-state index in [2.05, 4.69) is 27.7 Å². The highest BCUT2D eigenvalue weighted by Crippen LogP contribution is 2.36. The molecule has 96 valence electrons. The molecule has 0 aromatic rings. The van der Waals surface area contributed by atoms with Gasteiger partial charge in [-0.25, -0.2) is 0 Å². The van der Waals surface area contributed by atoms with Crippen LogP contribution in [0.3, 0.4) is 0 Å². The van der Waals surface area contributed by atoms with Crippen LogP contribution in [-0.2, 0) is 9.53 Å². The van der Waals surface area contributed by atoms with E-state index >= 15 is 0 Å². The van der Waals surface area contributed by atoms with Gasteiger partial charge in [0.1, 0.15) is 0 Å². The van der Waals surface area contributed by atoms with Crippen molar-refractivity contribution < 1.29 is 9.53 Å². The minimum Gasteiger partial charge on any atom is -0.381 e. The summed E-state index contributed by atoms with van der Waals surface area (Å²) in [7, 11) is 0. The molecule has 0 aromatic heterocycles. The second-order valence-corrected chi connectivity index (χ2v) is 5.73. The Morgan fingerprint density at radius 3 is 1.88 bits per heavy atom. The molecule has 0 aliphatic heterocycles. The van der Waals surface area contributed by atoms with Gasteiger partial charge in [0.05, 0.1) is 12.0 Å². The Kier molecular flexibility index (Phi) is 7.25. The topological polar surface area (TPSA) is 26.3 Å². The van der Waals surface area contributed by atoms with Crippen molar-refractivity contribution in [3.8, 4) is 0 Å². The first-order chi connectivity index (χ1) is 7.34. The Bertz CT molecular complexity index is 202. The van der Waals surface area contributed by atoms with E-state index in [1.165, 1.54) is 0 Å². The molecular formula is C13H25ClO2. The number of carbonyl (C=O) groups is 1. The summed E-state index contributed by atoms with van der Waals surface area (Å²) in [6.45, 7) is 11.5. The standard InChI is InChI=1S/C13H25ClO2/c1-6-16-9-13(12(14)15,7-10(2)3)8-11(4)5/h10-11H,6-9H2,1-5H3. The van der Waals surface area contributed by atoms with Crippen LogP contribution in [0.4, 0.5) is 0 Å². The maximum atomic E-state index is 11.7. The summed E-state index contributed by atoms with van der Waals surface area (Å²) >= 11 is 5.81. The molecule has 0 saturated heterocycles. The Morgan fingerprint density at radius 2 is 1.62 bits per heavy atom. The molecule has 0 unspecified atom stereocenters. The number of hydrogen-bond donors (Lipinski definition) is 0.